The predicted octanol–water partition coefficient (Wildman–Crippen LogP) is 3.53. The number of aromatic nitrogens is 4. The van der Waals surface area contributed by atoms with Crippen molar-refractivity contribution in [3.8, 4) is 0 Å². The van der Waals surface area contributed by atoms with Gasteiger partial charge < -0.3 is 9.88 Å². The van der Waals surface area contributed by atoms with Crippen LogP contribution in [0.2, 0.25) is 0 Å². The first-order valence-corrected chi connectivity index (χ1v) is 9.22. The second-order valence-corrected chi connectivity index (χ2v) is 7.08. The third-order valence-electron chi connectivity index (χ3n) is 4.91. The smallest absolute Gasteiger partial charge is 0.278 e. The molecule has 4 aromatic rings. The molecule has 0 saturated heterocycles. The molecule has 0 spiro atoms. The Balaban J connectivity index is 1.67. The summed E-state index contributed by atoms with van der Waals surface area (Å²) in [6.07, 6.45) is 2.01. The maximum absolute atomic E-state index is 12.8. The lowest BCUT2D eigenvalue weighted by Gasteiger charge is -2.15. The van der Waals surface area contributed by atoms with Gasteiger partial charge in [-0.25, -0.2) is 0 Å². The van der Waals surface area contributed by atoms with E-state index in [1.54, 1.807) is 31.2 Å². The van der Waals surface area contributed by atoms with E-state index in [-0.39, 0.29) is 11.5 Å². The topological polar surface area (TPSA) is 81.8 Å². The first-order valence-electron chi connectivity index (χ1n) is 9.22. The van der Waals surface area contributed by atoms with E-state index in [4.69, 9.17) is 0 Å². The van der Waals surface area contributed by atoms with Crippen molar-refractivity contribution >= 4 is 33.4 Å². The molecule has 1 unspecified atom stereocenters. The first kappa shape index (κ1) is 17.9. The van der Waals surface area contributed by atoms with Crippen molar-refractivity contribution in [2.75, 3.05) is 5.32 Å². The lowest BCUT2D eigenvalue weighted by atomic mass is 10.2. The van der Waals surface area contributed by atoms with Crippen LogP contribution in [0.5, 0.6) is 0 Å². The van der Waals surface area contributed by atoms with Crippen molar-refractivity contribution in [1.29, 1.82) is 0 Å². The molecule has 1 N–H and O–H groups in total. The Morgan fingerprint density at radius 1 is 1.00 bits per heavy atom. The van der Waals surface area contributed by atoms with Crippen LogP contribution in [0, 0.1) is 0 Å². The summed E-state index contributed by atoms with van der Waals surface area (Å²) in [6, 6.07) is 14.2. The standard InChI is InChI=1S/C21H21N5O2/c1-13(2)25-12-11-15-17(9-6-10-19(15)25)22-20(27)14(3)26-21(28)16-7-4-5-8-18(16)23-24-26/h4-14H,1-3H3,(H,22,27). The van der Waals surface area contributed by atoms with Gasteiger partial charge >= 0.3 is 0 Å². The van der Waals surface area contributed by atoms with Crippen LogP contribution >= 0.6 is 0 Å². The number of nitrogens with zero attached hydrogens (tertiary/aromatic N) is 4. The Bertz CT molecular complexity index is 1240. The number of nitrogens with one attached hydrogen (secondary N) is 1. The van der Waals surface area contributed by atoms with E-state index in [2.05, 4.69) is 34.0 Å². The number of hydrogen-bond acceptors (Lipinski definition) is 4. The zero-order valence-electron chi connectivity index (χ0n) is 16.0. The van der Waals surface area contributed by atoms with E-state index in [0.717, 1.165) is 15.6 Å². The lowest BCUT2D eigenvalue weighted by Crippen LogP contribution is -2.34. The molecule has 2 aromatic carbocycles. The second-order valence-electron chi connectivity index (χ2n) is 7.08. The Kier molecular flexibility index (Phi) is 4.43. The number of fused-ring (bicyclic) bond motifs is 2. The van der Waals surface area contributed by atoms with Gasteiger partial charge in [-0.05, 0) is 51.1 Å². The molecule has 7 nitrogen and oxygen atoms in total. The van der Waals surface area contributed by atoms with Gasteiger partial charge in [0, 0.05) is 17.6 Å². The Labute approximate surface area is 161 Å². The number of hydrogen-bond donors (Lipinski definition) is 1. The van der Waals surface area contributed by atoms with E-state index < -0.39 is 6.04 Å². The van der Waals surface area contributed by atoms with Gasteiger partial charge in [-0.1, -0.05) is 23.4 Å². The molecule has 1 atom stereocenters. The summed E-state index contributed by atoms with van der Waals surface area (Å²) in [5.74, 6) is -0.323. The lowest BCUT2D eigenvalue weighted by molar-refractivity contribution is -0.119. The van der Waals surface area contributed by atoms with Crippen LogP contribution in [0.4, 0.5) is 5.69 Å². The maximum atomic E-state index is 12.8. The SMILES string of the molecule is CC(C(=O)Nc1cccc2c1ccn2C(C)C)n1nnc2ccccc2c1=O. The summed E-state index contributed by atoms with van der Waals surface area (Å²) < 4.78 is 3.27. The van der Waals surface area contributed by atoms with Crippen molar-refractivity contribution in [2.24, 2.45) is 0 Å². The number of rotatable bonds is 4. The van der Waals surface area contributed by atoms with Crippen LogP contribution in [0.15, 0.2) is 59.5 Å². The largest absolute Gasteiger partial charge is 0.345 e. The number of anilines is 1. The minimum absolute atomic E-state index is 0.314. The van der Waals surface area contributed by atoms with Crippen molar-refractivity contribution < 1.29 is 4.79 Å². The van der Waals surface area contributed by atoms with Crippen molar-refractivity contribution in [3.05, 3.63) is 65.1 Å². The molecule has 28 heavy (non-hydrogen) atoms. The van der Waals surface area contributed by atoms with E-state index in [9.17, 15) is 9.59 Å². The van der Waals surface area contributed by atoms with Gasteiger partial charge in [-0.15, -0.1) is 5.10 Å². The molecule has 2 heterocycles. The highest BCUT2D eigenvalue weighted by molar-refractivity contribution is 6.02. The third-order valence-corrected chi connectivity index (χ3v) is 4.91. The van der Waals surface area contributed by atoms with Gasteiger partial charge in [0.25, 0.3) is 5.56 Å². The summed E-state index contributed by atoms with van der Waals surface area (Å²) in [4.78, 5) is 25.5. The summed E-state index contributed by atoms with van der Waals surface area (Å²) in [6.45, 7) is 5.86. The van der Waals surface area contributed by atoms with E-state index >= 15 is 0 Å². The Morgan fingerprint density at radius 3 is 2.57 bits per heavy atom. The number of carbonyl (C=O) groups excluding carboxylic acids is 1. The zero-order valence-corrected chi connectivity index (χ0v) is 16.0. The fourth-order valence-corrected chi connectivity index (χ4v) is 3.35. The highest BCUT2D eigenvalue weighted by Crippen LogP contribution is 2.27. The molecule has 142 valence electrons. The average molecular weight is 375 g/mol. The second kappa shape index (κ2) is 6.92. The van der Waals surface area contributed by atoms with Crippen LogP contribution < -0.4 is 10.9 Å². The third kappa shape index (κ3) is 2.94. The molecule has 0 saturated carbocycles. The van der Waals surface area contributed by atoms with E-state index in [0.29, 0.717) is 22.6 Å². The van der Waals surface area contributed by atoms with Gasteiger partial charge in [0.2, 0.25) is 5.91 Å². The van der Waals surface area contributed by atoms with Crippen molar-refractivity contribution in [2.45, 2.75) is 32.9 Å². The van der Waals surface area contributed by atoms with Crippen LogP contribution in [-0.4, -0.2) is 25.5 Å². The zero-order chi connectivity index (χ0) is 19.8. The highest BCUT2D eigenvalue weighted by Gasteiger charge is 2.20. The molecular weight excluding hydrogens is 354 g/mol. The van der Waals surface area contributed by atoms with Crippen molar-refractivity contribution in [1.82, 2.24) is 19.6 Å². The molecule has 2 aromatic heterocycles. The monoisotopic (exact) mass is 375 g/mol. The van der Waals surface area contributed by atoms with E-state index in [1.165, 1.54) is 0 Å². The summed E-state index contributed by atoms with van der Waals surface area (Å²) >= 11 is 0. The fourth-order valence-electron chi connectivity index (χ4n) is 3.35. The van der Waals surface area contributed by atoms with Crippen LogP contribution in [0.1, 0.15) is 32.9 Å². The molecule has 0 radical (unpaired) electrons. The highest BCUT2D eigenvalue weighted by atomic mass is 16.2. The maximum Gasteiger partial charge on any atom is 0.278 e. The summed E-state index contributed by atoms with van der Waals surface area (Å²) in [7, 11) is 0. The molecule has 0 aliphatic heterocycles. The molecule has 7 heteroatoms. The van der Waals surface area contributed by atoms with Gasteiger partial charge in [-0.3, -0.25) is 9.59 Å². The summed E-state index contributed by atoms with van der Waals surface area (Å²) in [5.41, 5.74) is 1.92. The number of amides is 1. The van der Waals surface area contributed by atoms with Gasteiger partial charge in [0.1, 0.15) is 11.6 Å². The molecule has 0 bridgehead atoms. The molecule has 0 aliphatic carbocycles. The fraction of sp³-hybridized carbons (Fsp3) is 0.238. The Morgan fingerprint density at radius 2 is 1.79 bits per heavy atom. The first-order chi connectivity index (χ1) is 13.5. The minimum atomic E-state index is -0.799. The number of benzene rings is 2. The minimum Gasteiger partial charge on any atom is -0.345 e. The molecule has 1 amide bonds. The van der Waals surface area contributed by atoms with Crippen LogP contribution in [-0.2, 0) is 4.79 Å². The van der Waals surface area contributed by atoms with Gasteiger partial charge in [-0.2, -0.15) is 4.68 Å². The quantitative estimate of drug-likeness (QED) is 0.592. The average Bonchev–Trinajstić information content (AvgIpc) is 3.13. The summed E-state index contributed by atoms with van der Waals surface area (Å²) in [5, 5.41) is 12.3. The molecular formula is C21H21N5O2. The molecule has 0 fully saturated rings. The van der Waals surface area contributed by atoms with E-state index in [1.807, 2.05) is 30.5 Å². The molecule has 4 rings (SSSR count). The predicted molar refractivity (Wildman–Crippen MR) is 109 cm³/mol. The van der Waals surface area contributed by atoms with Gasteiger partial charge in [0.15, 0.2) is 0 Å². The van der Waals surface area contributed by atoms with Crippen LogP contribution in [0.3, 0.4) is 0 Å². The van der Waals surface area contributed by atoms with Crippen LogP contribution in [0.25, 0.3) is 21.8 Å². The number of carbonyl (C=O) groups is 1. The normalized spacial score (nSPS) is 12.6. The Hall–Kier alpha value is -3.48. The van der Waals surface area contributed by atoms with Crippen molar-refractivity contribution in [3.63, 3.8) is 0 Å². The van der Waals surface area contributed by atoms with Gasteiger partial charge in [0.05, 0.1) is 16.6 Å². The molecule has 0 aliphatic rings.